The number of halogens is 1. The second-order valence-electron chi connectivity index (χ2n) is 7.51. The molecule has 1 heterocycles. The molecule has 1 fully saturated rings. The van der Waals surface area contributed by atoms with Crippen LogP contribution in [-0.2, 0) is 10.0 Å². The highest BCUT2D eigenvalue weighted by molar-refractivity contribution is 7.89. The fraction of sp³-hybridized carbons (Fsp3) is 0.381. The zero-order chi connectivity index (χ0) is 21.0. The van der Waals surface area contributed by atoms with Crippen molar-refractivity contribution in [1.82, 2.24) is 9.62 Å². The second kappa shape index (κ2) is 8.92. The van der Waals surface area contributed by atoms with E-state index in [1.165, 1.54) is 16.4 Å². The van der Waals surface area contributed by atoms with Gasteiger partial charge in [0.25, 0.3) is 0 Å². The molecule has 0 bridgehead atoms. The molecule has 2 N–H and O–H groups in total. The van der Waals surface area contributed by atoms with Crippen LogP contribution in [0.3, 0.4) is 0 Å². The average Bonchev–Trinajstić information content (AvgIpc) is 2.70. The minimum Gasteiger partial charge on any atom is -0.338 e. The van der Waals surface area contributed by atoms with E-state index in [4.69, 9.17) is 0 Å². The maximum absolute atomic E-state index is 14.1. The Morgan fingerprint density at radius 3 is 2.55 bits per heavy atom. The van der Waals surface area contributed by atoms with Gasteiger partial charge in [0.05, 0.1) is 0 Å². The molecule has 1 aliphatic heterocycles. The van der Waals surface area contributed by atoms with Crippen LogP contribution in [0.4, 0.5) is 14.9 Å². The van der Waals surface area contributed by atoms with Crippen molar-refractivity contribution < 1.29 is 17.6 Å². The summed E-state index contributed by atoms with van der Waals surface area (Å²) in [5.41, 5.74) is 2.48. The maximum Gasteiger partial charge on any atom is 0.319 e. The van der Waals surface area contributed by atoms with Crippen molar-refractivity contribution in [2.75, 3.05) is 25.0 Å². The molecule has 156 valence electrons. The van der Waals surface area contributed by atoms with E-state index in [-0.39, 0.29) is 23.4 Å². The summed E-state index contributed by atoms with van der Waals surface area (Å²) in [6.07, 6.45) is 1.46. The zero-order valence-corrected chi connectivity index (χ0v) is 17.4. The number of sulfonamides is 1. The van der Waals surface area contributed by atoms with Gasteiger partial charge in [0.2, 0.25) is 10.0 Å². The summed E-state index contributed by atoms with van der Waals surface area (Å²) >= 11 is 0. The number of hydrogen-bond donors (Lipinski definition) is 2. The predicted molar refractivity (Wildman–Crippen MR) is 111 cm³/mol. The van der Waals surface area contributed by atoms with Crippen LogP contribution in [-0.4, -0.2) is 38.4 Å². The first-order chi connectivity index (χ1) is 13.8. The van der Waals surface area contributed by atoms with Crippen molar-refractivity contribution in [2.45, 2.75) is 31.6 Å². The highest BCUT2D eigenvalue weighted by Crippen LogP contribution is 2.26. The van der Waals surface area contributed by atoms with Crippen molar-refractivity contribution >= 4 is 21.7 Å². The molecule has 8 heteroatoms. The average molecular weight is 420 g/mol. The number of amides is 2. The predicted octanol–water partition coefficient (Wildman–Crippen LogP) is 3.66. The quantitative estimate of drug-likeness (QED) is 0.776. The summed E-state index contributed by atoms with van der Waals surface area (Å²) in [5.74, 6) is -0.775. The van der Waals surface area contributed by atoms with Crippen molar-refractivity contribution in [3.8, 4) is 0 Å². The summed E-state index contributed by atoms with van der Waals surface area (Å²) in [7, 11) is -3.91. The van der Waals surface area contributed by atoms with E-state index in [2.05, 4.69) is 10.6 Å². The van der Waals surface area contributed by atoms with Crippen LogP contribution in [0, 0.1) is 25.6 Å². The largest absolute Gasteiger partial charge is 0.338 e. The molecule has 0 aliphatic carbocycles. The SMILES string of the molecule is Cc1ccc(NC(=O)NCC2CCCN(S(=O)(=O)c3cc(C)ccc3F)C2)cc1. The Labute approximate surface area is 171 Å². The molecule has 0 saturated carbocycles. The normalized spacial score (nSPS) is 17.7. The number of nitrogens with zero attached hydrogens (tertiary/aromatic N) is 1. The number of benzene rings is 2. The van der Waals surface area contributed by atoms with Crippen LogP contribution in [0.25, 0.3) is 0 Å². The molecule has 0 radical (unpaired) electrons. The number of piperidine rings is 1. The summed E-state index contributed by atoms with van der Waals surface area (Å²) in [5, 5.41) is 5.56. The molecule has 1 unspecified atom stereocenters. The van der Waals surface area contributed by atoms with Crippen molar-refractivity contribution in [3.63, 3.8) is 0 Å². The molecule has 0 aromatic heterocycles. The number of carbonyl (C=O) groups is 1. The summed E-state index contributed by atoms with van der Waals surface area (Å²) in [6, 6.07) is 11.2. The highest BCUT2D eigenvalue weighted by atomic mass is 32.2. The van der Waals surface area contributed by atoms with Crippen molar-refractivity contribution in [3.05, 3.63) is 59.4 Å². The van der Waals surface area contributed by atoms with E-state index in [0.29, 0.717) is 30.8 Å². The van der Waals surface area contributed by atoms with E-state index < -0.39 is 15.8 Å². The number of carbonyl (C=O) groups excluding carboxylic acids is 1. The molecule has 3 rings (SSSR count). The number of urea groups is 1. The Morgan fingerprint density at radius 2 is 1.83 bits per heavy atom. The topological polar surface area (TPSA) is 78.5 Å². The van der Waals surface area contributed by atoms with Crippen molar-refractivity contribution in [1.29, 1.82) is 0 Å². The number of rotatable bonds is 5. The van der Waals surface area contributed by atoms with Crippen LogP contribution in [0.1, 0.15) is 24.0 Å². The molecule has 1 saturated heterocycles. The third-order valence-corrected chi connectivity index (χ3v) is 6.93. The van der Waals surface area contributed by atoms with Gasteiger partial charge in [-0.25, -0.2) is 17.6 Å². The molecule has 6 nitrogen and oxygen atoms in total. The first kappa shape index (κ1) is 21.3. The molecule has 2 aromatic carbocycles. The van der Waals surface area contributed by atoms with E-state index in [9.17, 15) is 17.6 Å². The lowest BCUT2D eigenvalue weighted by Crippen LogP contribution is -2.44. The molecular formula is C21H26FN3O3S. The fourth-order valence-corrected chi connectivity index (χ4v) is 5.11. The van der Waals surface area contributed by atoms with Crippen LogP contribution in [0.2, 0.25) is 0 Å². The van der Waals surface area contributed by atoms with Gasteiger partial charge >= 0.3 is 6.03 Å². The van der Waals surface area contributed by atoms with Gasteiger partial charge in [0.15, 0.2) is 0 Å². The lowest BCUT2D eigenvalue weighted by atomic mass is 10.00. The third-order valence-electron chi connectivity index (χ3n) is 5.05. The number of hydrogen-bond acceptors (Lipinski definition) is 3. The van der Waals surface area contributed by atoms with E-state index in [0.717, 1.165) is 12.0 Å². The molecule has 1 atom stereocenters. The van der Waals surface area contributed by atoms with Crippen LogP contribution >= 0.6 is 0 Å². The van der Waals surface area contributed by atoms with Gasteiger partial charge in [-0.2, -0.15) is 4.31 Å². The highest BCUT2D eigenvalue weighted by Gasteiger charge is 2.32. The Morgan fingerprint density at radius 1 is 1.14 bits per heavy atom. The third kappa shape index (κ3) is 5.33. The first-order valence-electron chi connectivity index (χ1n) is 9.63. The van der Waals surface area contributed by atoms with Gasteiger partial charge in [-0.05, 0) is 62.4 Å². The Bertz CT molecular complexity index is 977. The van der Waals surface area contributed by atoms with Gasteiger partial charge in [-0.1, -0.05) is 23.8 Å². The number of anilines is 1. The Hall–Kier alpha value is -2.45. The molecule has 2 aromatic rings. The maximum atomic E-state index is 14.1. The molecule has 1 aliphatic rings. The monoisotopic (exact) mass is 419 g/mol. The van der Waals surface area contributed by atoms with Gasteiger partial charge in [0, 0.05) is 25.3 Å². The van der Waals surface area contributed by atoms with Gasteiger partial charge in [-0.15, -0.1) is 0 Å². The fourth-order valence-electron chi connectivity index (χ4n) is 3.41. The Balaban J connectivity index is 1.59. The van der Waals surface area contributed by atoms with E-state index in [1.807, 2.05) is 31.2 Å². The van der Waals surface area contributed by atoms with Gasteiger partial charge in [0.1, 0.15) is 10.7 Å². The number of nitrogens with one attached hydrogen (secondary N) is 2. The minimum absolute atomic E-state index is 0.0323. The van der Waals surface area contributed by atoms with E-state index in [1.54, 1.807) is 13.0 Å². The van der Waals surface area contributed by atoms with Gasteiger partial charge in [-0.3, -0.25) is 0 Å². The second-order valence-corrected chi connectivity index (χ2v) is 9.41. The summed E-state index contributed by atoms with van der Waals surface area (Å²) in [6.45, 7) is 4.64. The standard InChI is InChI=1S/C21H26FN3O3S/c1-15-5-8-18(9-6-15)24-21(26)23-13-17-4-3-11-25(14-17)29(27,28)20-12-16(2)7-10-19(20)22/h5-10,12,17H,3-4,11,13-14H2,1-2H3,(H2,23,24,26). The zero-order valence-electron chi connectivity index (χ0n) is 16.6. The lowest BCUT2D eigenvalue weighted by Gasteiger charge is -2.32. The first-order valence-corrected chi connectivity index (χ1v) is 11.1. The summed E-state index contributed by atoms with van der Waals surface area (Å²) in [4.78, 5) is 11.8. The van der Waals surface area contributed by atoms with Gasteiger partial charge < -0.3 is 10.6 Å². The number of aryl methyl sites for hydroxylation is 2. The summed E-state index contributed by atoms with van der Waals surface area (Å²) < 4.78 is 41.2. The smallest absolute Gasteiger partial charge is 0.319 e. The Kier molecular flexibility index (Phi) is 6.54. The van der Waals surface area contributed by atoms with Crippen LogP contribution < -0.4 is 10.6 Å². The minimum atomic E-state index is -3.91. The molecule has 0 spiro atoms. The van der Waals surface area contributed by atoms with Crippen LogP contribution in [0.5, 0.6) is 0 Å². The lowest BCUT2D eigenvalue weighted by molar-refractivity contribution is 0.238. The van der Waals surface area contributed by atoms with Crippen LogP contribution in [0.15, 0.2) is 47.4 Å². The molecular weight excluding hydrogens is 393 g/mol. The van der Waals surface area contributed by atoms with E-state index >= 15 is 0 Å². The molecule has 2 amide bonds. The molecule has 29 heavy (non-hydrogen) atoms. The van der Waals surface area contributed by atoms with Crippen molar-refractivity contribution in [2.24, 2.45) is 5.92 Å².